The number of benzene rings is 2. The number of hydrogen-bond acceptors (Lipinski definition) is 4. The summed E-state index contributed by atoms with van der Waals surface area (Å²) in [4.78, 5) is 18.8. The summed E-state index contributed by atoms with van der Waals surface area (Å²) >= 11 is 0. The lowest BCUT2D eigenvalue weighted by atomic mass is 10.2. The summed E-state index contributed by atoms with van der Waals surface area (Å²) in [6.45, 7) is 0.773. The molecule has 1 heterocycles. The molecule has 26 heavy (non-hydrogen) atoms. The number of carbonyl (C=O) groups is 1. The summed E-state index contributed by atoms with van der Waals surface area (Å²) in [5.41, 5.74) is 3.13. The lowest BCUT2D eigenvalue weighted by Crippen LogP contribution is -2.18. The molecule has 5 nitrogen and oxygen atoms in total. The molecule has 0 fully saturated rings. The van der Waals surface area contributed by atoms with Crippen LogP contribution < -0.4 is 15.0 Å². The van der Waals surface area contributed by atoms with E-state index in [2.05, 4.69) is 27.3 Å². The topological polar surface area (TPSA) is 54.5 Å². The van der Waals surface area contributed by atoms with Crippen molar-refractivity contribution in [2.45, 2.75) is 6.54 Å². The molecule has 0 saturated carbocycles. The normalized spacial score (nSPS) is 10.2. The van der Waals surface area contributed by atoms with Crippen LogP contribution in [0.2, 0.25) is 0 Å². The van der Waals surface area contributed by atoms with Gasteiger partial charge in [0.2, 0.25) is 0 Å². The second-order valence-electron chi connectivity index (χ2n) is 5.90. The highest BCUT2D eigenvalue weighted by atomic mass is 16.5. The number of rotatable bonds is 6. The van der Waals surface area contributed by atoms with Gasteiger partial charge >= 0.3 is 0 Å². The van der Waals surface area contributed by atoms with Crippen molar-refractivity contribution in [2.24, 2.45) is 0 Å². The van der Waals surface area contributed by atoms with Gasteiger partial charge in [-0.1, -0.05) is 42.5 Å². The highest BCUT2D eigenvalue weighted by Gasteiger charge is 2.11. The molecule has 1 aromatic heterocycles. The van der Waals surface area contributed by atoms with E-state index in [1.807, 2.05) is 43.4 Å². The van der Waals surface area contributed by atoms with Crippen molar-refractivity contribution in [3.05, 3.63) is 84.2 Å². The molecule has 0 aliphatic rings. The lowest BCUT2D eigenvalue weighted by molar-refractivity contribution is 0.102. The Balaban J connectivity index is 1.68. The van der Waals surface area contributed by atoms with Gasteiger partial charge in [0.25, 0.3) is 5.91 Å². The van der Waals surface area contributed by atoms with Gasteiger partial charge < -0.3 is 15.0 Å². The second kappa shape index (κ2) is 8.16. The number of amides is 1. The number of hydrogen-bond donors (Lipinski definition) is 1. The molecule has 1 N–H and O–H groups in total. The Morgan fingerprint density at radius 3 is 2.46 bits per heavy atom. The molecule has 0 atom stereocenters. The molecule has 1 amide bonds. The van der Waals surface area contributed by atoms with Gasteiger partial charge in [0.1, 0.15) is 11.4 Å². The number of ether oxygens (including phenoxy) is 1. The van der Waals surface area contributed by atoms with E-state index < -0.39 is 0 Å². The van der Waals surface area contributed by atoms with Gasteiger partial charge in [-0.25, -0.2) is 4.98 Å². The Morgan fingerprint density at radius 1 is 1.04 bits per heavy atom. The molecule has 5 heteroatoms. The monoisotopic (exact) mass is 347 g/mol. The molecular formula is C21H21N3O2. The third kappa shape index (κ3) is 4.19. The Bertz CT molecular complexity index is 864. The number of anilines is 2. The van der Waals surface area contributed by atoms with Gasteiger partial charge in [-0.3, -0.25) is 4.79 Å². The molecule has 0 bridgehead atoms. The number of carbonyl (C=O) groups excluding carboxylic acids is 1. The minimum Gasteiger partial charge on any atom is -0.495 e. The Morgan fingerprint density at radius 2 is 1.77 bits per heavy atom. The van der Waals surface area contributed by atoms with Crippen LogP contribution in [-0.2, 0) is 6.54 Å². The molecular weight excluding hydrogens is 326 g/mol. The fourth-order valence-electron chi connectivity index (χ4n) is 2.63. The molecule has 0 unspecified atom stereocenters. The first-order valence-corrected chi connectivity index (χ1v) is 8.33. The van der Waals surface area contributed by atoms with E-state index in [4.69, 9.17) is 4.74 Å². The zero-order valence-electron chi connectivity index (χ0n) is 14.8. The number of methoxy groups -OCH3 is 1. The number of para-hydroxylation sites is 2. The van der Waals surface area contributed by atoms with Crippen LogP contribution in [0.3, 0.4) is 0 Å². The minimum absolute atomic E-state index is 0.272. The predicted octanol–water partition coefficient (Wildman–Crippen LogP) is 3.98. The SMILES string of the molecule is COc1ccccc1NC(=O)c1ccc(N(C)Cc2ccccc2)cn1. The first-order chi connectivity index (χ1) is 12.7. The first-order valence-electron chi connectivity index (χ1n) is 8.33. The van der Waals surface area contributed by atoms with Crippen molar-refractivity contribution in [1.29, 1.82) is 0 Å². The summed E-state index contributed by atoms with van der Waals surface area (Å²) in [5, 5.41) is 2.83. The molecule has 0 saturated heterocycles. The van der Waals surface area contributed by atoms with E-state index in [0.29, 0.717) is 17.1 Å². The van der Waals surface area contributed by atoms with Gasteiger partial charge in [0.05, 0.1) is 24.7 Å². The second-order valence-corrected chi connectivity index (χ2v) is 5.90. The fourth-order valence-corrected chi connectivity index (χ4v) is 2.63. The minimum atomic E-state index is -0.272. The zero-order valence-corrected chi connectivity index (χ0v) is 14.8. The summed E-state index contributed by atoms with van der Waals surface area (Å²) < 4.78 is 5.25. The van der Waals surface area contributed by atoms with E-state index in [0.717, 1.165) is 12.2 Å². The average molecular weight is 347 g/mol. The molecule has 0 aliphatic carbocycles. The van der Waals surface area contributed by atoms with Crippen molar-refractivity contribution < 1.29 is 9.53 Å². The van der Waals surface area contributed by atoms with Crippen LogP contribution >= 0.6 is 0 Å². The first kappa shape index (κ1) is 17.5. The van der Waals surface area contributed by atoms with Crippen LogP contribution in [-0.4, -0.2) is 25.0 Å². The quantitative estimate of drug-likeness (QED) is 0.733. The Labute approximate surface area is 153 Å². The fraction of sp³-hybridized carbons (Fsp3) is 0.143. The lowest BCUT2D eigenvalue weighted by Gasteiger charge is -2.19. The standard InChI is InChI=1S/C21H21N3O2/c1-24(15-16-8-4-3-5-9-16)17-12-13-19(22-14-17)21(25)23-18-10-6-7-11-20(18)26-2/h3-14H,15H2,1-2H3,(H,23,25). The van der Waals surface area contributed by atoms with Crippen molar-refractivity contribution in [1.82, 2.24) is 4.98 Å². The van der Waals surface area contributed by atoms with Gasteiger partial charge in [-0.2, -0.15) is 0 Å². The average Bonchev–Trinajstić information content (AvgIpc) is 2.69. The van der Waals surface area contributed by atoms with Crippen molar-refractivity contribution >= 4 is 17.3 Å². The van der Waals surface area contributed by atoms with Gasteiger partial charge in [-0.05, 0) is 29.8 Å². The van der Waals surface area contributed by atoms with E-state index in [1.165, 1.54) is 5.56 Å². The highest BCUT2D eigenvalue weighted by Crippen LogP contribution is 2.23. The maximum absolute atomic E-state index is 12.4. The maximum atomic E-state index is 12.4. The Hall–Kier alpha value is -3.34. The van der Waals surface area contributed by atoms with Crippen LogP contribution in [0, 0.1) is 0 Å². The predicted molar refractivity (Wildman–Crippen MR) is 104 cm³/mol. The van der Waals surface area contributed by atoms with Crippen LogP contribution in [0.4, 0.5) is 11.4 Å². The van der Waals surface area contributed by atoms with E-state index >= 15 is 0 Å². The van der Waals surface area contributed by atoms with Crippen LogP contribution in [0.5, 0.6) is 5.75 Å². The number of aromatic nitrogens is 1. The third-order valence-electron chi connectivity index (χ3n) is 4.04. The van der Waals surface area contributed by atoms with Gasteiger partial charge in [-0.15, -0.1) is 0 Å². The maximum Gasteiger partial charge on any atom is 0.274 e. The molecule has 132 valence electrons. The molecule has 2 aromatic carbocycles. The number of pyridine rings is 1. The smallest absolute Gasteiger partial charge is 0.274 e. The molecule has 0 aliphatic heterocycles. The van der Waals surface area contributed by atoms with Crippen LogP contribution in [0.15, 0.2) is 72.9 Å². The van der Waals surface area contributed by atoms with E-state index in [-0.39, 0.29) is 5.91 Å². The van der Waals surface area contributed by atoms with E-state index in [9.17, 15) is 4.79 Å². The van der Waals surface area contributed by atoms with Crippen molar-refractivity contribution in [3.63, 3.8) is 0 Å². The van der Waals surface area contributed by atoms with Gasteiger partial charge in [0.15, 0.2) is 0 Å². The van der Waals surface area contributed by atoms with Crippen LogP contribution in [0.25, 0.3) is 0 Å². The van der Waals surface area contributed by atoms with Crippen molar-refractivity contribution in [3.8, 4) is 5.75 Å². The van der Waals surface area contributed by atoms with E-state index in [1.54, 1.807) is 31.5 Å². The summed E-state index contributed by atoms with van der Waals surface area (Å²) in [6.07, 6.45) is 1.71. The molecule has 0 spiro atoms. The molecule has 3 rings (SSSR count). The molecule has 3 aromatic rings. The van der Waals surface area contributed by atoms with Gasteiger partial charge in [0, 0.05) is 13.6 Å². The van der Waals surface area contributed by atoms with Crippen LogP contribution in [0.1, 0.15) is 16.1 Å². The summed E-state index contributed by atoms with van der Waals surface area (Å²) in [7, 11) is 3.57. The zero-order chi connectivity index (χ0) is 18.4. The largest absolute Gasteiger partial charge is 0.495 e. The number of nitrogens with zero attached hydrogens (tertiary/aromatic N) is 2. The molecule has 0 radical (unpaired) electrons. The highest BCUT2D eigenvalue weighted by molar-refractivity contribution is 6.03. The summed E-state index contributed by atoms with van der Waals surface area (Å²) in [5.74, 6) is 0.340. The summed E-state index contributed by atoms with van der Waals surface area (Å²) in [6, 6.07) is 21.1. The van der Waals surface area contributed by atoms with Crippen molar-refractivity contribution in [2.75, 3.05) is 24.4 Å². The number of nitrogens with one attached hydrogen (secondary N) is 1. The third-order valence-corrected chi connectivity index (χ3v) is 4.04. The Kier molecular flexibility index (Phi) is 5.49.